The van der Waals surface area contributed by atoms with E-state index in [0.29, 0.717) is 16.9 Å². The van der Waals surface area contributed by atoms with Gasteiger partial charge in [-0.25, -0.2) is 4.98 Å². The molecule has 1 saturated heterocycles. The van der Waals surface area contributed by atoms with Gasteiger partial charge in [0.25, 0.3) is 5.91 Å². The Kier molecular flexibility index (Phi) is 8.96. The Hall–Kier alpha value is -5.18. The van der Waals surface area contributed by atoms with Gasteiger partial charge in [0.1, 0.15) is 17.4 Å². The van der Waals surface area contributed by atoms with Gasteiger partial charge in [-0.2, -0.15) is 18.7 Å². The number of amides is 1. The first-order chi connectivity index (χ1) is 23.4. The van der Waals surface area contributed by atoms with Gasteiger partial charge in [-0.1, -0.05) is 54.1 Å². The third kappa shape index (κ3) is 6.03. The van der Waals surface area contributed by atoms with Crippen LogP contribution in [-0.4, -0.2) is 73.5 Å². The number of halogens is 2. The molecule has 1 fully saturated rings. The van der Waals surface area contributed by atoms with Crippen molar-refractivity contribution >= 4 is 28.8 Å². The second-order valence-corrected chi connectivity index (χ2v) is 12.3. The number of hydrogen-bond acceptors (Lipinski definition) is 10. The lowest BCUT2D eigenvalue weighted by Crippen LogP contribution is -2.39. The largest absolute Gasteiger partial charge is 0.497 e. The van der Waals surface area contributed by atoms with Gasteiger partial charge in [-0.3, -0.25) is 9.36 Å². The van der Waals surface area contributed by atoms with Crippen molar-refractivity contribution in [1.82, 2.24) is 24.8 Å². The number of rotatable bonds is 10. The Labute approximate surface area is 280 Å². The predicted molar refractivity (Wildman–Crippen MR) is 178 cm³/mol. The summed E-state index contributed by atoms with van der Waals surface area (Å²) in [5, 5.41) is 26.2. The number of methoxy groups -OCH3 is 1. The van der Waals surface area contributed by atoms with Gasteiger partial charge in [-0.15, -0.1) is 0 Å². The molecule has 0 saturated carbocycles. The highest BCUT2D eigenvalue weighted by Gasteiger charge is 2.59. The third-order valence-electron chi connectivity index (χ3n) is 8.56. The number of carbonyl (C=O) groups excluding carboxylic acids is 1. The first-order valence-corrected chi connectivity index (χ1v) is 15.6. The molecule has 4 atom stereocenters. The molecule has 256 valence electrons. The normalized spacial score (nSPS) is 19.9. The smallest absolute Gasteiger partial charge is 0.320 e. The summed E-state index contributed by atoms with van der Waals surface area (Å²) in [6.45, 7) is 4.91. The summed E-state index contributed by atoms with van der Waals surface area (Å²) in [7, 11) is 1.57. The quantitative estimate of drug-likeness (QED) is 0.136. The Morgan fingerprint density at radius 1 is 1.04 bits per heavy atom. The summed E-state index contributed by atoms with van der Waals surface area (Å²) in [5.41, 5.74) is 8.66. The zero-order chi connectivity index (χ0) is 35.1. The number of aliphatic hydroxyl groups excluding tert-OH is 2. The summed E-state index contributed by atoms with van der Waals surface area (Å²) < 4.78 is 42.3. The highest BCUT2D eigenvalue weighted by atomic mass is 19.3. The molecule has 6 N–H and O–H groups in total. The van der Waals surface area contributed by atoms with Crippen molar-refractivity contribution in [2.75, 3.05) is 24.8 Å². The average Bonchev–Trinajstić information content (AvgIpc) is 3.60. The number of imidazole rings is 1. The molecule has 0 radical (unpaired) electrons. The van der Waals surface area contributed by atoms with E-state index in [1.54, 1.807) is 19.2 Å². The molecule has 3 aromatic carbocycles. The summed E-state index contributed by atoms with van der Waals surface area (Å²) in [4.78, 5) is 26.0. The maximum atomic E-state index is 15.3. The van der Waals surface area contributed by atoms with E-state index < -0.39 is 36.5 Å². The molecular weight excluding hydrogens is 636 g/mol. The first kappa shape index (κ1) is 33.7. The summed E-state index contributed by atoms with van der Waals surface area (Å²) in [6, 6.07) is 22.3. The average molecular weight is 674 g/mol. The molecule has 1 amide bonds. The number of anilines is 2. The molecule has 1 aliphatic rings. The number of hydrogen-bond donors (Lipinski definition) is 5. The lowest BCUT2D eigenvalue weighted by molar-refractivity contribution is -0.138. The number of aliphatic hydroxyl groups is 2. The predicted octanol–water partition coefficient (Wildman–Crippen LogP) is 4.15. The lowest BCUT2D eigenvalue weighted by atomic mass is 9.76. The Bertz CT molecular complexity index is 1950. The van der Waals surface area contributed by atoms with Crippen molar-refractivity contribution in [2.24, 2.45) is 0 Å². The highest BCUT2D eigenvalue weighted by molar-refractivity contribution is 5.94. The Morgan fingerprint density at radius 3 is 2.18 bits per heavy atom. The van der Waals surface area contributed by atoms with Gasteiger partial charge in [0, 0.05) is 11.6 Å². The molecule has 49 heavy (non-hydrogen) atoms. The molecule has 3 heterocycles. The van der Waals surface area contributed by atoms with Gasteiger partial charge in [0.15, 0.2) is 23.1 Å². The number of aromatic nitrogens is 4. The van der Waals surface area contributed by atoms with Crippen molar-refractivity contribution in [1.29, 1.82) is 0 Å². The van der Waals surface area contributed by atoms with E-state index in [0.717, 1.165) is 27.6 Å². The summed E-state index contributed by atoms with van der Waals surface area (Å²) >= 11 is 0. The number of fused-ring (bicyclic) bond motifs is 1. The van der Waals surface area contributed by atoms with E-state index in [2.05, 4.69) is 25.6 Å². The molecule has 0 bridgehead atoms. The second kappa shape index (κ2) is 13.0. The van der Waals surface area contributed by atoms with E-state index in [4.69, 9.17) is 15.2 Å². The van der Waals surface area contributed by atoms with Crippen LogP contribution in [0.2, 0.25) is 0 Å². The van der Waals surface area contributed by atoms with Crippen LogP contribution in [0.3, 0.4) is 0 Å². The summed E-state index contributed by atoms with van der Waals surface area (Å²) in [5.74, 6) is -3.52. The van der Waals surface area contributed by atoms with Crippen LogP contribution >= 0.6 is 0 Å². The van der Waals surface area contributed by atoms with Crippen molar-refractivity contribution in [2.45, 2.75) is 56.7 Å². The fraction of sp³-hybridized carbons (Fsp3) is 0.314. The van der Waals surface area contributed by atoms with Crippen LogP contribution in [0.4, 0.5) is 20.5 Å². The number of nitrogens with zero attached hydrogens (tertiary/aromatic N) is 4. The lowest BCUT2D eigenvalue weighted by Gasteiger charge is -2.37. The third-order valence-corrected chi connectivity index (χ3v) is 8.56. The van der Waals surface area contributed by atoms with E-state index in [1.807, 2.05) is 81.4 Å². The first-order valence-electron chi connectivity index (χ1n) is 15.6. The minimum Gasteiger partial charge on any atom is -0.497 e. The van der Waals surface area contributed by atoms with Crippen molar-refractivity contribution in [3.8, 4) is 5.75 Å². The molecular formula is C35H37F2N7O5. The monoisotopic (exact) mass is 673 g/mol. The highest BCUT2D eigenvalue weighted by Crippen LogP contribution is 2.45. The van der Waals surface area contributed by atoms with Crippen LogP contribution in [0, 0.1) is 6.92 Å². The molecule has 5 aromatic rings. The molecule has 0 spiro atoms. The molecule has 6 rings (SSSR count). The fourth-order valence-electron chi connectivity index (χ4n) is 6.07. The molecule has 0 aliphatic carbocycles. The van der Waals surface area contributed by atoms with E-state index >= 15 is 8.78 Å². The van der Waals surface area contributed by atoms with Crippen LogP contribution < -0.4 is 21.1 Å². The van der Waals surface area contributed by atoms with Crippen molar-refractivity contribution in [3.63, 3.8) is 0 Å². The number of nitrogens with one attached hydrogen (secondary N) is 2. The van der Waals surface area contributed by atoms with Crippen LogP contribution in [0.5, 0.6) is 5.75 Å². The molecule has 1 unspecified atom stereocenters. The zero-order valence-corrected chi connectivity index (χ0v) is 27.3. The fourth-order valence-corrected chi connectivity index (χ4v) is 6.07. The maximum absolute atomic E-state index is 15.3. The maximum Gasteiger partial charge on any atom is 0.320 e. The molecule has 14 heteroatoms. The molecule has 12 nitrogen and oxygen atoms in total. The SMILES string of the molecule is COc1ccc(C(Nc2nc(N)nc3c2ncn3[C@@H]2O[C@H](CO)[C@@H](O)C2(F)F)(c2ccc(C)cc2)c2ccc(C(=O)NC(C)C)cc2)cc1. The van der Waals surface area contributed by atoms with Crippen LogP contribution in [0.1, 0.15) is 52.7 Å². The Morgan fingerprint density at radius 2 is 1.63 bits per heavy atom. The van der Waals surface area contributed by atoms with Gasteiger partial charge in [-0.05, 0) is 61.7 Å². The van der Waals surface area contributed by atoms with Gasteiger partial charge >= 0.3 is 5.92 Å². The standard InChI is InChI=1S/C35H37F2N7O5/c1-19(2)40-31(47)21-7-11-23(12-8-21)34(22-9-5-20(3)6-10-22,24-13-15-25(48-4)16-14-24)43-29-27-30(42-33(38)41-29)44(18-39-27)32-35(36,37)28(46)26(17-45)49-32/h5-16,18-19,26,28,32,45-46H,17H2,1-4H3,(H,40,47)(H3,38,41,42,43)/t26-,28-,32-,34?/m1/s1. The minimum absolute atomic E-state index is 0.0578. The Balaban J connectivity index is 1.57. The number of nitrogen functional groups attached to an aromatic ring is 1. The molecule has 2 aromatic heterocycles. The van der Waals surface area contributed by atoms with E-state index in [-0.39, 0.29) is 34.9 Å². The van der Waals surface area contributed by atoms with E-state index in [1.165, 1.54) is 0 Å². The second-order valence-electron chi connectivity index (χ2n) is 12.3. The number of ether oxygens (including phenoxy) is 2. The number of alkyl halides is 2. The van der Waals surface area contributed by atoms with Gasteiger partial charge in [0.2, 0.25) is 12.2 Å². The van der Waals surface area contributed by atoms with Crippen molar-refractivity contribution in [3.05, 3.63) is 107 Å². The molecule has 1 aliphatic heterocycles. The van der Waals surface area contributed by atoms with Crippen molar-refractivity contribution < 1.29 is 33.3 Å². The van der Waals surface area contributed by atoms with Gasteiger partial charge < -0.3 is 36.1 Å². The van der Waals surface area contributed by atoms with Crippen LogP contribution in [0.25, 0.3) is 11.2 Å². The number of benzene rings is 3. The minimum atomic E-state index is -3.79. The number of carbonyl (C=O) groups is 1. The topological polar surface area (TPSA) is 170 Å². The summed E-state index contributed by atoms with van der Waals surface area (Å²) in [6.07, 6.45) is -4.70. The zero-order valence-electron chi connectivity index (χ0n) is 27.3. The number of nitrogens with two attached hydrogens (primary N) is 1. The van der Waals surface area contributed by atoms with Crippen LogP contribution in [0.15, 0.2) is 79.1 Å². The van der Waals surface area contributed by atoms with Crippen LogP contribution in [-0.2, 0) is 10.3 Å². The van der Waals surface area contributed by atoms with Gasteiger partial charge in [0.05, 0.1) is 20.0 Å². The number of aryl methyl sites for hydroxylation is 1. The van der Waals surface area contributed by atoms with E-state index in [9.17, 15) is 15.0 Å².